The SMILES string of the molecule is COc1ccc(NC2CC(C)CC(C)(C)C2)cn1. The zero-order chi connectivity index (χ0) is 13.2. The van der Waals surface area contributed by atoms with Crippen molar-refractivity contribution in [2.45, 2.75) is 46.1 Å². The highest BCUT2D eigenvalue weighted by molar-refractivity contribution is 5.43. The molecule has 3 heteroatoms. The molecule has 1 aliphatic carbocycles. The van der Waals surface area contributed by atoms with Crippen molar-refractivity contribution in [1.82, 2.24) is 4.98 Å². The molecule has 0 saturated heterocycles. The first-order chi connectivity index (χ1) is 8.48. The Labute approximate surface area is 110 Å². The predicted octanol–water partition coefficient (Wildman–Crippen LogP) is 3.72. The van der Waals surface area contributed by atoms with Crippen LogP contribution in [0.15, 0.2) is 18.3 Å². The Kier molecular flexibility index (Phi) is 3.79. The van der Waals surface area contributed by atoms with Crippen molar-refractivity contribution in [3.05, 3.63) is 18.3 Å². The lowest BCUT2D eigenvalue weighted by atomic mass is 9.70. The molecule has 1 aromatic heterocycles. The van der Waals surface area contributed by atoms with Gasteiger partial charge < -0.3 is 10.1 Å². The molecule has 0 aromatic carbocycles. The maximum atomic E-state index is 5.07. The molecule has 18 heavy (non-hydrogen) atoms. The van der Waals surface area contributed by atoms with Crippen LogP contribution in [-0.2, 0) is 0 Å². The van der Waals surface area contributed by atoms with Crippen molar-refractivity contribution in [2.75, 3.05) is 12.4 Å². The molecule has 0 spiro atoms. The van der Waals surface area contributed by atoms with Gasteiger partial charge in [0.05, 0.1) is 19.0 Å². The van der Waals surface area contributed by atoms with Gasteiger partial charge in [0.25, 0.3) is 0 Å². The molecule has 1 aromatic rings. The number of pyridine rings is 1. The standard InChI is InChI=1S/C15H24N2O/c1-11-7-13(9-15(2,3)8-11)17-12-5-6-14(18-4)16-10-12/h5-6,10-11,13,17H,7-9H2,1-4H3. The summed E-state index contributed by atoms with van der Waals surface area (Å²) in [4.78, 5) is 4.23. The maximum Gasteiger partial charge on any atom is 0.213 e. The van der Waals surface area contributed by atoms with Gasteiger partial charge in [-0.1, -0.05) is 20.8 Å². The third-order valence-electron chi connectivity index (χ3n) is 3.70. The molecule has 0 aliphatic heterocycles. The molecule has 100 valence electrons. The molecule has 0 bridgehead atoms. The quantitative estimate of drug-likeness (QED) is 0.885. The van der Waals surface area contributed by atoms with Gasteiger partial charge in [-0.25, -0.2) is 4.98 Å². The van der Waals surface area contributed by atoms with Crippen molar-refractivity contribution in [2.24, 2.45) is 11.3 Å². The van der Waals surface area contributed by atoms with Crippen molar-refractivity contribution in [3.63, 3.8) is 0 Å². The Balaban J connectivity index is 1.99. The summed E-state index contributed by atoms with van der Waals surface area (Å²) in [5, 5.41) is 3.60. The normalized spacial score (nSPS) is 26.7. The molecular weight excluding hydrogens is 224 g/mol. The van der Waals surface area contributed by atoms with Gasteiger partial charge in [-0.2, -0.15) is 0 Å². The second-order valence-corrected chi connectivity index (χ2v) is 6.34. The first kappa shape index (κ1) is 13.2. The van der Waals surface area contributed by atoms with Gasteiger partial charge in [-0.05, 0) is 36.7 Å². The Morgan fingerprint density at radius 2 is 2.11 bits per heavy atom. The maximum absolute atomic E-state index is 5.07. The van der Waals surface area contributed by atoms with E-state index in [2.05, 4.69) is 31.1 Å². The van der Waals surface area contributed by atoms with E-state index in [0.717, 1.165) is 11.6 Å². The fourth-order valence-corrected chi connectivity index (χ4v) is 3.28. The van der Waals surface area contributed by atoms with Crippen LogP contribution in [0.25, 0.3) is 0 Å². The summed E-state index contributed by atoms with van der Waals surface area (Å²) in [5.41, 5.74) is 1.53. The van der Waals surface area contributed by atoms with E-state index in [1.165, 1.54) is 19.3 Å². The lowest BCUT2D eigenvalue weighted by molar-refractivity contribution is 0.178. The summed E-state index contributed by atoms with van der Waals surface area (Å²) in [6, 6.07) is 4.50. The number of nitrogens with one attached hydrogen (secondary N) is 1. The topological polar surface area (TPSA) is 34.1 Å². The average Bonchev–Trinajstić information content (AvgIpc) is 2.27. The van der Waals surface area contributed by atoms with Gasteiger partial charge in [0.1, 0.15) is 0 Å². The molecule has 1 aliphatic rings. The fraction of sp³-hybridized carbons (Fsp3) is 0.667. The lowest BCUT2D eigenvalue weighted by Gasteiger charge is -2.39. The second kappa shape index (κ2) is 5.17. The largest absolute Gasteiger partial charge is 0.481 e. The van der Waals surface area contributed by atoms with E-state index in [-0.39, 0.29) is 0 Å². The van der Waals surface area contributed by atoms with E-state index in [1.807, 2.05) is 18.3 Å². The molecule has 2 rings (SSSR count). The second-order valence-electron chi connectivity index (χ2n) is 6.34. The highest BCUT2D eigenvalue weighted by Crippen LogP contribution is 2.39. The molecule has 1 saturated carbocycles. The molecule has 2 unspecified atom stereocenters. The number of aromatic nitrogens is 1. The molecule has 2 atom stereocenters. The van der Waals surface area contributed by atoms with Gasteiger partial charge in [-0.15, -0.1) is 0 Å². The average molecular weight is 248 g/mol. The monoisotopic (exact) mass is 248 g/mol. The van der Waals surface area contributed by atoms with E-state index < -0.39 is 0 Å². The van der Waals surface area contributed by atoms with Crippen LogP contribution in [0.3, 0.4) is 0 Å². The van der Waals surface area contributed by atoms with Crippen molar-refractivity contribution in [1.29, 1.82) is 0 Å². The highest BCUT2D eigenvalue weighted by atomic mass is 16.5. The van der Waals surface area contributed by atoms with Crippen LogP contribution in [-0.4, -0.2) is 18.1 Å². The van der Waals surface area contributed by atoms with Gasteiger partial charge >= 0.3 is 0 Å². The van der Waals surface area contributed by atoms with E-state index in [9.17, 15) is 0 Å². The van der Waals surface area contributed by atoms with Gasteiger partial charge in [0, 0.05) is 12.1 Å². The number of ether oxygens (including phenoxy) is 1. The Hall–Kier alpha value is -1.25. The van der Waals surface area contributed by atoms with Gasteiger partial charge in [0.15, 0.2) is 0 Å². The van der Waals surface area contributed by atoms with E-state index >= 15 is 0 Å². The summed E-state index contributed by atoms with van der Waals surface area (Å²) < 4.78 is 5.07. The summed E-state index contributed by atoms with van der Waals surface area (Å²) in [7, 11) is 1.64. The fourth-order valence-electron chi connectivity index (χ4n) is 3.28. The Morgan fingerprint density at radius 3 is 2.67 bits per heavy atom. The number of hydrogen-bond donors (Lipinski definition) is 1. The molecule has 0 amide bonds. The van der Waals surface area contributed by atoms with Crippen LogP contribution in [0.5, 0.6) is 5.88 Å². The van der Waals surface area contributed by atoms with Crippen molar-refractivity contribution < 1.29 is 4.74 Å². The summed E-state index contributed by atoms with van der Waals surface area (Å²) in [5.74, 6) is 1.45. The van der Waals surface area contributed by atoms with Crippen LogP contribution in [0.2, 0.25) is 0 Å². The number of rotatable bonds is 3. The smallest absolute Gasteiger partial charge is 0.213 e. The molecule has 3 nitrogen and oxygen atoms in total. The number of hydrogen-bond acceptors (Lipinski definition) is 3. The third-order valence-corrected chi connectivity index (χ3v) is 3.70. The minimum atomic E-state index is 0.440. The number of nitrogens with zero attached hydrogens (tertiary/aromatic N) is 1. The Morgan fingerprint density at radius 1 is 1.33 bits per heavy atom. The third kappa shape index (κ3) is 3.37. The van der Waals surface area contributed by atoms with Crippen LogP contribution in [0, 0.1) is 11.3 Å². The summed E-state index contributed by atoms with van der Waals surface area (Å²) in [6.07, 6.45) is 5.65. The van der Waals surface area contributed by atoms with Crippen molar-refractivity contribution >= 4 is 5.69 Å². The number of anilines is 1. The minimum Gasteiger partial charge on any atom is -0.481 e. The Bertz CT molecular complexity index is 386. The van der Waals surface area contributed by atoms with Crippen LogP contribution in [0.1, 0.15) is 40.0 Å². The van der Waals surface area contributed by atoms with Crippen LogP contribution < -0.4 is 10.1 Å². The van der Waals surface area contributed by atoms with Crippen molar-refractivity contribution in [3.8, 4) is 5.88 Å². The van der Waals surface area contributed by atoms with E-state index in [1.54, 1.807) is 7.11 Å². The zero-order valence-electron chi connectivity index (χ0n) is 11.9. The van der Waals surface area contributed by atoms with Gasteiger partial charge in [-0.3, -0.25) is 0 Å². The summed E-state index contributed by atoms with van der Waals surface area (Å²) >= 11 is 0. The predicted molar refractivity (Wildman–Crippen MR) is 75.0 cm³/mol. The van der Waals surface area contributed by atoms with Crippen LogP contribution in [0.4, 0.5) is 5.69 Å². The highest BCUT2D eigenvalue weighted by Gasteiger charge is 2.31. The molecule has 1 fully saturated rings. The first-order valence-corrected chi connectivity index (χ1v) is 6.75. The zero-order valence-corrected chi connectivity index (χ0v) is 11.9. The van der Waals surface area contributed by atoms with E-state index in [4.69, 9.17) is 4.74 Å². The number of methoxy groups -OCH3 is 1. The molecule has 1 N–H and O–H groups in total. The minimum absolute atomic E-state index is 0.440. The van der Waals surface area contributed by atoms with Gasteiger partial charge in [0.2, 0.25) is 5.88 Å². The summed E-state index contributed by atoms with van der Waals surface area (Å²) in [6.45, 7) is 7.08. The van der Waals surface area contributed by atoms with Crippen LogP contribution >= 0.6 is 0 Å². The lowest BCUT2D eigenvalue weighted by Crippen LogP contribution is -2.35. The van der Waals surface area contributed by atoms with E-state index in [0.29, 0.717) is 17.3 Å². The molecular formula is C15H24N2O. The molecule has 1 heterocycles. The molecule has 0 radical (unpaired) electrons. The first-order valence-electron chi connectivity index (χ1n) is 6.75.